The highest BCUT2D eigenvalue weighted by Crippen LogP contribution is 2.37. The molecular weight excluding hydrogens is 446 g/mol. The Morgan fingerprint density at radius 3 is 2.23 bits per heavy atom. The van der Waals surface area contributed by atoms with Gasteiger partial charge in [0.2, 0.25) is 0 Å². The molecule has 0 aliphatic carbocycles. The van der Waals surface area contributed by atoms with Gasteiger partial charge < -0.3 is 29.6 Å². The second-order valence-electron chi connectivity index (χ2n) is 7.72. The van der Waals surface area contributed by atoms with Crippen LogP contribution in [0.3, 0.4) is 0 Å². The van der Waals surface area contributed by atoms with Gasteiger partial charge in [0.1, 0.15) is 17.2 Å². The van der Waals surface area contributed by atoms with E-state index in [0.29, 0.717) is 28.7 Å². The van der Waals surface area contributed by atoms with Gasteiger partial charge in [-0.1, -0.05) is 18.2 Å². The second-order valence-corrected chi connectivity index (χ2v) is 7.72. The molecular formula is C27H27N3O5. The zero-order valence-electron chi connectivity index (χ0n) is 20.0. The molecule has 0 unspecified atom stereocenters. The lowest BCUT2D eigenvalue weighted by Gasteiger charge is -2.17. The van der Waals surface area contributed by atoms with E-state index in [-0.39, 0.29) is 12.1 Å². The van der Waals surface area contributed by atoms with Gasteiger partial charge in [0.15, 0.2) is 11.5 Å². The summed E-state index contributed by atoms with van der Waals surface area (Å²) < 4.78 is 22.2. The van der Waals surface area contributed by atoms with Gasteiger partial charge in [-0.2, -0.15) is 0 Å². The topological polar surface area (TPSA) is 90.9 Å². The molecule has 0 bridgehead atoms. The van der Waals surface area contributed by atoms with Crippen LogP contribution in [-0.2, 0) is 0 Å². The van der Waals surface area contributed by atoms with E-state index in [1.807, 2.05) is 37.3 Å². The van der Waals surface area contributed by atoms with E-state index in [1.165, 1.54) is 0 Å². The van der Waals surface area contributed by atoms with Crippen molar-refractivity contribution in [3.63, 3.8) is 0 Å². The molecule has 1 aromatic heterocycles. The van der Waals surface area contributed by atoms with E-state index in [9.17, 15) is 4.79 Å². The number of carbonyl (C=O) groups excluding carboxylic acids is 1. The minimum Gasteiger partial charge on any atom is -0.496 e. The number of fused-ring (bicyclic) bond motifs is 1. The van der Waals surface area contributed by atoms with Gasteiger partial charge in [-0.15, -0.1) is 0 Å². The van der Waals surface area contributed by atoms with Crippen LogP contribution in [0.15, 0.2) is 72.9 Å². The molecule has 8 heteroatoms. The molecule has 1 atom stereocenters. The Morgan fingerprint density at radius 2 is 1.51 bits per heavy atom. The van der Waals surface area contributed by atoms with Crippen molar-refractivity contribution in [2.45, 2.75) is 13.0 Å². The molecule has 2 N–H and O–H groups in total. The van der Waals surface area contributed by atoms with Crippen LogP contribution >= 0.6 is 0 Å². The van der Waals surface area contributed by atoms with Crippen LogP contribution in [-0.4, -0.2) is 32.3 Å². The molecule has 0 radical (unpaired) electrons. The SMILES string of the molecule is COc1cc2nccc(Oc3ccc(NC(=O)N[C@@H](C)c4ccccc4OC)cc3)c2cc1OC. The molecule has 0 saturated carbocycles. The number of anilines is 1. The van der Waals surface area contributed by atoms with E-state index in [4.69, 9.17) is 18.9 Å². The molecule has 0 saturated heterocycles. The van der Waals surface area contributed by atoms with Crippen LogP contribution in [0.5, 0.6) is 28.7 Å². The summed E-state index contributed by atoms with van der Waals surface area (Å²) in [5, 5.41) is 6.55. The first-order valence-corrected chi connectivity index (χ1v) is 11.0. The Hall–Kier alpha value is -4.46. The fourth-order valence-electron chi connectivity index (χ4n) is 3.74. The standard InChI is InChI=1S/C27H27N3O5/c1-17(20-7-5-6-8-23(20)32-2)29-27(31)30-18-9-11-19(12-10-18)35-24-13-14-28-22-16-26(34-4)25(33-3)15-21(22)24/h5-17H,1-4H3,(H2,29,30,31)/t17-/m0/s1. The van der Waals surface area contributed by atoms with E-state index in [1.54, 1.807) is 63.9 Å². The average Bonchev–Trinajstić information content (AvgIpc) is 2.89. The van der Waals surface area contributed by atoms with Crippen molar-refractivity contribution in [2.24, 2.45) is 0 Å². The van der Waals surface area contributed by atoms with Crippen molar-refractivity contribution < 1.29 is 23.7 Å². The summed E-state index contributed by atoms with van der Waals surface area (Å²) in [5.74, 6) is 3.14. The molecule has 0 spiro atoms. The van der Waals surface area contributed by atoms with Crippen LogP contribution in [0.25, 0.3) is 10.9 Å². The van der Waals surface area contributed by atoms with Crippen LogP contribution in [0, 0.1) is 0 Å². The fraction of sp³-hybridized carbons (Fsp3) is 0.185. The number of benzene rings is 3. The summed E-state index contributed by atoms with van der Waals surface area (Å²) in [6.07, 6.45) is 1.67. The molecule has 1 heterocycles. The molecule has 0 fully saturated rings. The predicted molar refractivity (Wildman–Crippen MR) is 135 cm³/mol. The van der Waals surface area contributed by atoms with Gasteiger partial charge in [-0.25, -0.2) is 4.79 Å². The van der Waals surface area contributed by atoms with E-state index >= 15 is 0 Å². The van der Waals surface area contributed by atoms with E-state index in [2.05, 4.69) is 15.6 Å². The second kappa shape index (κ2) is 10.6. The van der Waals surface area contributed by atoms with Crippen molar-refractivity contribution in [3.8, 4) is 28.7 Å². The quantitative estimate of drug-likeness (QED) is 0.329. The van der Waals surface area contributed by atoms with Gasteiger partial charge in [0.05, 0.1) is 32.9 Å². The first-order valence-electron chi connectivity index (χ1n) is 11.0. The Labute approximate surface area is 203 Å². The first kappa shape index (κ1) is 23.7. The molecule has 4 rings (SSSR count). The lowest BCUT2D eigenvalue weighted by Crippen LogP contribution is -2.31. The summed E-state index contributed by atoms with van der Waals surface area (Å²) in [5.41, 5.74) is 2.25. The smallest absolute Gasteiger partial charge is 0.319 e. The summed E-state index contributed by atoms with van der Waals surface area (Å²) in [6, 6.07) is 19.6. The molecule has 4 aromatic rings. The lowest BCUT2D eigenvalue weighted by atomic mass is 10.1. The van der Waals surface area contributed by atoms with Gasteiger partial charge in [-0.3, -0.25) is 4.98 Å². The minimum atomic E-state index is -0.321. The van der Waals surface area contributed by atoms with Gasteiger partial charge >= 0.3 is 6.03 Å². The number of para-hydroxylation sites is 1. The third-order valence-electron chi connectivity index (χ3n) is 5.50. The highest BCUT2D eigenvalue weighted by Gasteiger charge is 2.14. The molecule has 0 aliphatic heterocycles. The monoisotopic (exact) mass is 473 g/mol. The van der Waals surface area contributed by atoms with Crippen molar-refractivity contribution in [1.29, 1.82) is 0 Å². The number of urea groups is 1. The third kappa shape index (κ3) is 5.38. The number of ether oxygens (including phenoxy) is 4. The van der Waals surface area contributed by atoms with Crippen molar-refractivity contribution in [3.05, 3.63) is 78.5 Å². The van der Waals surface area contributed by atoms with Crippen molar-refractivity contribution in [1.82, 2.24) is 10.3 Å². The van der Waals surface area contributed by atoms with E-state index in [0.717, 1.165) is 22.2 Å². The zero-order valence-corrected chi connectivity index (χ0v) is 20.0. The molecule has 8 nitrogen and oxygen atoms in total. The number of methoxy groups -OCH3 is 3. The van der Waals surface area contributed by atoms with Gasteiger partial charge in [-0.05, 0) is 49.4 Å². The van der Waals surface area contributed by atoms with Crippen LogP contribution in [0.4, 0.5) is 10.5 Å². The largest absolute Gasteiger partial charge is 0.496 e. The number of hydrogen-bond donors (Lipinski definition) is 2. The number of hydrogen-bond acceptors (Lipinski definition) is 6. The number of carbonyl (C=O) groups is 1. The van der Waals surface area contributed by atoms with Gasteiger partial charge in [0, 0.05) is 28.9 Å². The number of aromatic nitrogens is 1. The van der Waals surface area contributed by atoms with Crippen LogP contribution in [0.1, 0.15) is 18.5 Å². The fourth-order valence-corrected chi connectivity index (χ4v) is 3.74. The highest BCUT2D eigenvalue weighted by atomic mass is 16.5. The van der Waals surface area contributed by atoms with Crippen molar-refractivity contribution >= 4 is 22.6 Å². The van der Waals surface area contributed by atoms with Crippen LogP contribution < -0.4 is 29.6 Å². The zero-order chi connectivity index (χ0) is 24.8. The maximum absolute atomic E-state index is 12.5. The summed E-state index contributed by atoms with van der Waals surface area (Å²) >= 11 is 0. The summed E-state index contributed by atoms with van der Waals surface area (Å²) in [6.45, 7) is 1.90. The van der Waals surface area contributed by atoms with Crippen LogP contribution in [0.2, 0.25) is 0 Å². The molecule has 35 heavy (non-hydrogen) atoms. The Balaban J connectivity index is 1.44. The average molecular weight is 474 g/mol. The molecule has 0 aliphatic rings. The molecule has 180 valence electrons. The normalized spacial score (nSPS) is 11.4. The Kier molecular flexibility index (Phi) is 7.21. The Morgan fingerprint density at radius 1 is 0.829 bits per heavy atom. The minimum absolute atomic E-state index is 0.232. The number of nitrogens with one attached hydrogen (secondary N) is 2. The maximum atomic E-state index is 12.5. The first-order chi connectivity index (χ1) is 17.0. The Bertz CT molecular complexity index is 1320. The number of amides is 2. The lowest BCUT2D eigenvalue weighted by molar-refractivity contribution is 0.249. The summed E-state index contributed by atoms with van der Waals surface area (Å²) in [4.78, 5) is 16.9. The molecule has 3 aromatic carbocycles. The summed E-state index contributed by atoms with van der Waals surface area (Å²) in [7, 11) is 4.77. The van der Waals surface area contributed by atoms with E-state index < -0.39 is 0 Å². The number of rotatable bonds is 8. The number of nitrogens with zero attached hydrogens (tertiary/aromatic N) is 1. The number of pyridine rings is 1. The van der Waals surface area contributed by atoms with Crippen molar-refractivity contribution in [2.75, 3.05) is 26.6 Å². The highest BCUT2D eigenvalue weighted by molar-refractivity contribution is 5.90. The molecule has 2 amide bonds. The van der Waals surface area contributed by atoms with Gasteiger partial charge in [0.25, 0.3) is 0 Å². The third-order valence-corrected chi connectivity index (χ3v) is 5.50. The maximum Gasteiger partial charge on any atom is 0.319 e. The predicted octanol–water partition coefficient (Wildman–Crippen LogP) is 5.94.